The summed E-state index contributed by atoms with van der Waals surface area (Å²) in [6, 6.07) is 9.93. The number of aromatic nitrogens is 1. The summed E-state index contributed by atoms with van der Waals surface area (Å²) in [6.45, 7) is -0.763. The van der Waals surface area contributed by atoms with E-state index in [0.717, 1.165) is 0 Å². The highest BCUT2D eigenvalue weighted by Gasteiger charge is 2.45. The quantitative estimate of drug-likeness (QED) is 0.564. The second-order valence-corrected chi connectivity index (χ2v) is 6.53. The lowest BCUT2D eigenvalue weighted by Crippen LogP contribution is -2.60. The maximum atomic E-state index is 13.6. The van der Waals surface area contributed by atoms with Crippen LogP contribution in [0.5, 0.6) is 5.88 Å². The van der Waals surface area contributed by atoms with Crippen molar-refractivity contribution < 1.29 is 43.1 Å². The monoisotopic (exact) mass is 426 g/mol. The first-order valence-corrected chi connectivity index (χ1v) is 8.72. The Kier molecular flexibility index (Phi) is 6.25. The Hall–Kier alpha value is -2.75. The summed E-state index contributed by atoms with van der Waals surface area (Å²) in [4.78, 5) is 3.97. The minimum atomic E-state index is -4.91. The average Bonchev–Trinajstić information content (AvgIpc) is 2.73. The van der Waals surface area contributed by atoms with Gasteiger partial charge in [0.25, 0.3) is 0 Å². The number of pyridine rings is 1. The van der Waals surface area contributed by atoms with E-state index in [4.69, 9.17) is 9.47 Å². The van der Waals surface area contributed by atoms with E-state index in [1.807, 2.05) is 0 Å². The SMILES string of the molecule is N#Cc1c(C(F)(F)F)cc(-c2ccccc2)nc1O[C@@H]1O[C@H](CO)[C@@H](O)[C@H](O)[C@H]1O. The average molecular weight is 426 g/mol. The lowest BCUT2D eigenvalue weighted by molar-refractivity contribution is -0.278. The summed E-state index contributed by atoms with van der Waals surface area (Å²) in [5, 5.41) is 48.3. The number of aliphatic hydroxyl groups excluding tert-OH is 4. The molecule has 160 valence electrons. The number of ether oxygens (including phenoxy) is 2. The van der Waals surface area contributed by atoms with Gasteiger partial charge in [-0.25, -0.2) is 4.98 Å². The molecule has 1 aromatic heterocycles. The first-order chi connectivity index (χ1) is 14.2. The smallest absolute Gasteiger partial charge is 0.417 e. The second kappa shape index (κ2) is 8.55. The molecule has 0 radical (unpaired) electrons. The summed E-state index contributed by atoms with van der Waals surface area (Å²) < 4.78 is 51.1. The standard InChI is InChI=1S/C19H17F3N2O6/c20-19(21,22)11-6-12(9-4-2-1-3-5-9)24-17(10(11)7-23)30-18-16(28)15(27)14(26)13(8-25)29-18/h1-6,13-16,18,25-28H,8H2/t13-,14-,15+,16-,18+/m1/s1. The van der Waals surface area contributed by atoms with E-state index in [1.165, 1.54) is 18.2 Å². The lowest BCUT2D eigenvalue weighted by atomic mass is 9.99. The fraction of sp³-hybridized carbons (Fsp3) is 0.368. The Labute approximate surface area is 168 Å². The third kappa shape index (κ3) is 4.23. The second-order valence-electron chi connectivity index (χ2n) is 6.53. The maximum Gasteiger partial charge on any atom is 0.417 e. The Morgan fingerprint density at radius 1 is 1.10 bits per heavy atom. The zero-order valence-electron chi connectivity index (χ0n) is 15.2. The highest BCUT2D eigenvalue weighted by Crippen LogP contribution is 2.38. The summed E-state index contributed by atoms with van der Waals surface area (Å²) >= 11 is 0. The molecule has 1 aliphatic heterocycles. The van der Waals surface area contributed by atoms with Crippen LogP contribution in [0.2, 0.25) is 0 Å². The molecule has 0 unspecified atom stereocenters. The van der Waals surface area contributed by atoms with Crippen molar-refractivity contribution in [2.24, 2.45) is 0 Å². The van der Waals surface area contributed by atoms with Crippen LogP contribution in [0.4, 0.5) is 13.2 Å². The van der Waals surface area contributed by atoms with Crippen LogP contribution in [0, 0.1) is 11.3 Å². The lowest BCUT2D eigenvalue weighted by Gasteiger charge is -2.39. The van der Waals surface area contributed by atoms with Crippen LogP contribution < -0.4 is 4.74 Å². The van der Waals surface area contributed by atoms with Gasteiger partial charge in [0, 0.05) is 5.56 Å². The summed E-state index contributed by atoms with van der Waals surface area (Å²) in [6.07, 6.45) is -13.4. The molecular formula is C19H17F3N2O6. The third-order valence-corrected chi connectivity index (χ3v) is 4.55. The van der Waals surface area contributed by atoms with Crippen molar-refractivity contribution in [1.29, 1.82) is 5.26 Å². The highest BCUT2D eigenvalue weighted by molar-refractivity contribution is 5.63. The number of rotatable bonds is 4. The van der Waals surface area contributed by atoms with Crippen LogP contribution in [0.1, 0.15) is 11.1 Å². The molecule has 11 heteroatoms. The Balaban J connectivity index is 2.08. The van der Waals surface area contributed by atoms with Crippen LogP contribution in [-0.4, -0.2) is 62.7 Å². The summed E-state index contributed by atoms with van der Waals surface area (Å²) in [5.41, 5.74) is -2.09. The van der Waals surface area contributed by atoms with Crippen LogP contribution in [0.25, 0.3) is 11.3 Å². The van der Waals surface area contributed by atoms with Crippen molar-refractivity contribution in [2.75, 3.05) is 6.61 Å². The van der Waals surface area contributed by atoms with Gasteiger partial charge in [-0.2, -0.15) is 18.4 Å². The van der Waals surface area contributed by atoms with Crippen LogP contribution in [0.3, 0.4) is 0 Å². The molecule has 0 spiro atoms. The number of nitrogens with zero attached hydrogens (tertiary/aromatic N) is 2. The zero-order valence-corrected chi connectivity index (χ0v) is 15.2. The molecule has 5 atom stereocenters. The van der Waals surface area contributed by atoms with Gasteiger partial charge in [-0.05, 0) is 6.07 Å². The number of alkyl halides is 3. The van der Waals surface area contributed by atoms with E-state index < -0.39 is 60.5 Å². The van der Waals surface area contributed by atoms with Crippen LogP contribution in [-0.2, 0) is 10.9 Å². The van der Waals surface area contributed by atoms with E-state index in [0.29, 0.717) is 11.6 Å². The first kappa shape index (κ1) is 21.9. The van der Waals surface area contributed by atoms with E-state index >= 15 is 0 Å². The molecule has 3 rings (SSSR count). The fourth-order valence-corrected chi connectivity index (χ4v) is 2.97. The van der Waals surface area contributed by atoms with Gasteiger partial charge in [0.1, 0.15) is 36.0 Å². The van der Waals surface area contributed by atoms with Crippen molar-refractivity contribution in [2.45, 2.75) is 36.9 Å². The van der Waals surface area contributed by atoms with Crippen LogP contribution >= 0.6 is 0 Å². The Morgan fingerprint density at radius 2 is 1.77 bits per heavy atom. The molecule has 0 aliphatic carbocycles. The largest absolute Gasteiger partial charge is 0.444 e. The Morgan fingerprint density at radius 3 is 2.33 bits per heavy atom. The van der Waals surface area contributed by atoms with Gasteiger partial charge in [-0.1, -0.05) is 30.3 Å². The summed E-state index contributed by atoms with van der Waals surface area (Å²) in [5.74, 6) is -0.782. The minimum Gasteiger partial charge on any atom is -0.444 e. The normalized spacial score (nSPS) is 26.8. The van der Waals surface area contributed by atoms with Crippen molar-refractivity contribution >= 4 is 0 Å². The van der Waals surface area contributed by atoms with E-state index in [9.17, 15) is 38.9 Å². The predicted octanol–water partition coefficient (Wildman–Crippen LogP) is 0.818. The molecule has 1 fully saturated rings. The van der Waals surface area contributed by atoms with Gasteiger partial charge in [0.05, 0.1) is 17.9 Å². The number of aliphatic hydroxyl groups is 4. The number of hydrogen-bond donors (Lipinski definition) is 4. The van der Waals surface area contributed by atoms with Crippen molar-refractivity contribution in [3.8, 4) is 23.2 Å². The van der Waals surface area contributed by atoms with Gasteiger partial charge in [-0.15, -0.1) is 0 Å². The number of hydrogen-bond acceptors (Lipinski definition) is 8. The van der Waals surface area contributed by atoms with E-state index in [2.05, 4.69) is 4.98 Å². The highest BCUT2D eigenvalue weighted by atomic mass is 19.4. The topological polar surface area (TPSA) is 136 Å². The molecule has 1 aromatic carbocycles. The molecule has 1 aliphatic rings. The molecule has 0 bridgehead atoms. The van der Waals surface area contributed by atoms with Crippen LogP contribution in [0.15, 0.2) is 36.4 Å². The Bertz CT molecular complexity index is 932. The van der Waals surface area contributed by atoms with Gasteiger partial charge in [0.15, 0.2) is 0 Å². The first-order valence-electron chi connectivity index (χ1n) is 8.72. The predicted molar refractivity (Wildman–Crippen MR) is 93.8 cm³/mol. The van der Waals surface area contributed by atoms with Crippen molar-refractivity contribution in [3.05, 3.63) is 47.5 Å². The van der Waals surface area contributed by atoms with Gasteiger partial charge < -0.3 is 29.9 Å². The van der Waals surface area contributed by atoms with Gasteiger partial charge in [-0.3, -0.25) is 0 Å². The molecule has 2 heterocycles. The fourth-order valence-electron chi connectivity index (χ4n) is 2.97. The molecule has 0 amide bonds. The minimum absolute atomic E-state index is 0.151. The summed E-state index contributed by atoms with van der Waals surface area (Å²) in [7, 11) is 0. The number of benzene rings is 1. The molecule has 2 aromatic rings. The van der Waals surface area contributed by atoms with Gasteiger partial charge >= 0.3 is 6.18 Å². The molecule has 8 nitrogen and oxygen atoms in total. The van der Waals surface area contributed by atoms with Crippen molar-refractivity contribution in [3.63, 3.8) is 0 Å². The van der Waals surface area contributed by atoms with E-state index in [-0.39, 0.29) is 5.69 Å². The molecule has 1 saturated heterocycles. The van der Waals surface area contributed by atoms with Crippen molar-refractivity contribution in [1.82, 2.24) is 4.98 Å². The molecular weight excluding hydrogens is 409 g/mol. The molecule has 0 saturated carbocycles. The zero-order chi connectivity index (χ0) is 22.1. The van der Waals surface area contributed by atoms with Gasteiger partial charge in [0.2, 0.25) is 12.2 Å². The maximum absolute atomic E-state index is 13.6. The molecule has 30 heavy (non-hydrogen) atoms. The molecule has 4 N–H and O–H groups in total. The third-order valence-electron chi connectivity index (χ3n) is 4.55. The van der Waals surface area contributed by atoms with E-state index in [1.54, 1.807) is 18.2 Å². The number of halogens is 3. The number of nitriles is 1.